The molecule has 8 heteroatoms. The van der Waals surface area contributed by atoms with Crippen LogP contribution in [0.5, 0.6) is 5.75 Å². The van der Waals surface area contributed by atoms with E-state index in [4.69, 9.17) is 17.0 Å². The van der Waals surface area contributed by atoms with Crippen molar-refractivity contribution in [1.29, 1.82) is 0 Å². The summed E-state index contributed by atoms with van der Waals surface area (Å²) in [6.07, 6.45) is 0. The van der Waals surface area contributed by atoms with E-state index in [0.717, 1.165) is 5.56 Å². The SMILES string of the molecule is Cc1ccc([N+](=O)[O-])cc1NC(=S)NC(=O)COc1ccccc1. The molecule has 0 bridgehead atoms. The van der Waals surface area contributed by atoms with Crippen LogP contribution in [0.2, 0.25) is 0 Å². The fraction of sp³-hybridized carbons (Fsp3) is 0.125. The van der Waals surface area contributed by atoms with Crippen molar-refractivity contribution in [2.24, 2.45) is 0 Å². The second-order valence-corrected chi connectivity index (χ2v) is 5.27. The number of aryl methyl sites for hydroxylation is 1. The van der Waals surface area contributed by atoms with Crippen molar-refractivity contribution < 1.29 is 14.5 Å². The van der Waals surface area contributed by atoms with Crippen molar-refractivity contribution in [2.45, 2.75) is 6.92 Å². The lowest BCUT2D eigenvalue weighted by atomic mass is 10.2. The Morgan fingerprint density at radius 3 is 2.62 bits per heavy atom. The normalized spacial score (nSPS) is 9.88. The van der Waals surface area contributed by atoms with E-state index < -0.39 is 10.8 Å². The van der Waals surface area contributed by atoms with Crippen molar-refractivity contribution in [3.63, 3.8) is 0 Å². The van der Waals surface area contributed by atoms with Gasteiger partial charge in [-0.3, -0.25) is 20.2 Å². The maximum absolute atomic E-state index is 11.8. The maximum atomic E-state index is 11.8. The van der Waals surface area contributed by atoms with Gasteiger partial charge in [-0.15, -0.1) is 0 Å². The molecule has 0 aromatic heterocycles. The number of nitrogens with one attached hydrogen (secondary N) is 2. The third kappa shape index (κ3) is 5.03. The van der Waals surface area contributed by atoms with Gasteiger partial charge in [-0.05, 0) is 36.8 Å². The average Bonchev–Trinajstić information content (AvgIpc) is 2.55. The van der Waals surface area contributed by atoms with Crippen LogP contribution in [0, 0.1) is 17.0 Å². The van der Waals surface area contributed by atoms with E-state index in [2.05, 4.69) is 10.6 Å². The molecule has 2 aromatic carbocycles. The number of hydrogen-bond donors (Lipinski definition) is 2. The highest BCUT2D eigenvalue weighted by molar-refractivity contribution is 7.80. The molecule has 24 heavy (non-hydrogen) atoms. The van der Waals surface area contributed by atoms with Crippen LogP contribution in [0.25, 0.3) is 0 Å². The van der Waals surface area contributed by atoms with E-state index in [0.29, 0.717) is 11.4 Å². The van der Waals surface area contributed by atoms with Crippen LogP contribution in [-0.4, -0.2) is 22.5 Å². The first-order valence-corrected chi connectivity index (χ1v) is 7.40. The minimum atomic E-state index is -0.500. The molecule has 0 aliphatic carbocycles. The number of carbonyl (C=O) groups excluding carboxylic acids is 1. The Morgan fingerprint density at radius 1 is 1.25 bits per heavy atom. The predicted molar refractivity (Wildman–Crippen MR) is 94.1 cm³/mol. The van der Waals surface area contributed by atoms with E-state index in [1.54, 1.807) is 37.3 Å². The van der Waals surface area contributed by atoms with Gasteiger partial charge >= 0.3 is 0 Å². The summed E-state index contributed by atoms with van der Waals surface area (Å²) in [5.74, 6) is 0.139. The average molecular weight is 345 g/mol. The van der Waals surface area contributed by atoms with Gasteiger partial charge in [0.15, 0.2) is 11.7 Å². The molecule has 0 spiro atoms. The van der Waals surface area contributed by atoms with Gasteiger partial charge < -0.3 is 10.1 Å². The monoisotopic (exact) mass is 345 g/mol. The number of anilines is 1. The van der Waals surface area contributed by atoms with Crippen LogP contribution in [0.1, 0.15) is 5.56 Å². The molecule has 0 saturated carbocycles. The van der Waals surface area contributed by atoms with Gasteiger partial charge in [0.05, 0.1) is 4.92 Å². The largest absolute Gasteiger partial charge is 0.484 e. The Morgan fingerprint density at radius 2 is 1.96 bits per heavy atom. The summed E-state index contributed by atoms with van der Waals surface area (Å²) in [4.78, 5) is 22.1. The molecule has 0 radical (unpaired) electrons. The number of thiocarbonyl (C=S) groups is 1. The molecule has 0 heterocycles. The summed E-state index contributed by atoms with van der Waals surface area (Å²) in [6.45, 7) is 1.58. The van der Waals surface area contributed by atoms with Crippen LogP contribution in [-0.2, 0) is 4.79 Å². The Labute approximate surface area is 143 Å². The fourth-order valence-electron chi connectivity index (χ4n) is 1.84. The number of rotatable bonds is 5. The molecular weight excluding hydrogens is 330 g/mol. The number of benzene rings is 2. The Kier molecular flexibility index (Phi) is 5.80. The van der Waals surface area contributed by atoms with Gasteiger partial charge in [0.2, 0.25) is 0 Å². The predicted octanol–water partition coefficient (Wildman–Crippen LogP) is 2.80. The first kappa shape index (κ1) is 17.4. The van der Waals surface area contributed by atoms with Crippen molar-refractivity contribution in [3.8, 4) is 5.75 Å². The zero-order chi connectivity index (χ0) is 17.5. The van der Waals surface area contributed by atoms with E-state index in [1.807, 2.05) is 6.07 Å². The van der Waals surface area contributed by atoms with Gasteiger partial charge in [-0.25, -0.2) is 0 Å². The standard InChI is InChI=1S/C16H15N3O4S/c1-11-7-8-12(19(21)22)9-14(11)17-16(24)18-15(20)10-23-13-5-3-2-4-6-13/h2-9H,10H2,1H3,(H2,17,18,20,24). The molecular formula is C16H15N3O4S. The number of non-ortho nitro benzene ring substituents is 1. The van der Waals surface area contributed by atoms with Crippen LogP contribution >= 0.6 is 12.2 Å². The second-order valence-electron chi connectivity index (χ2n) is 4.86. The highest BCUT2D eigenvalue weighted by atomic mass is 32.1. The fourth-order valence-corrected chi connectivity index (χ4v) is 2.06. The lowest BCUT2D eigenvalue weighted by Crippen LogP contribution is -2.37. The summed E-state index contributed by atoms with van der Waals surface area (Å²) >= 11 is 5.04. The zero-order valence-corrected chi connectivity index (χ0v) is 13.6. The van der Waals surface area contributed by atoms with Gasteiger partial charge in [-0.2, -0.15) is 0 Å². The van der Waals surface area contributed by atoms with Crippen molar-refractivity contribution in [2.75, 3.05) is 11.9 Å². The number of nitrogens with zero attached hydrogens (tertiary/aromatic N) is 1. The Hall–Kier alpha value is -3.00. The molecule has 2 N–H and O–H groups in total. The first-order chi connectivity index (χ1) is 11.5. The third-order valence-electron chi connectivity index (χ3n) is 3.05. The molecule has 0 atom stereocenters. The number of nitro groups is 1. The van der Waals surface area contributed by atoms with Crippen LogP contribution in [0.15, 0.2) is 48.5 Å². The summed E-state index contributed by atoms with van der Waals surface area (Å²) in [6, 6.07) is 13.3. The summed E-state index contributed by atoms with van der Waals surface area (Å²) < 4.78 is 5.30. The number of amides is 1. The molecule has 7 nitrogen and oxygen atoms in total. The molecule has 2 rings (SSSR count). The number of ether oxygens (including phenoxy) is 1. The van der Waals surface area contributed by atoms with Crippen LogP contribution in [0.4, 0.5) is 11.4 Å². The lowest BCUT2D eigenvalue weighted by Gasteiger charge is -2.12. The highest BCUT2D eigenvalue weighted by Crippen LogP contribution is 2.21. The number of hydrogen-bond acceptors (Lipinski definition) is 5. The van der Waals surface area contributed by atoms with Crippen molar-refractivity contribution in [3.05, 3.63) is 64.2 Å². The zero-order valence-electron chi connectivity index (χ0n) is 12.8. The Bertz CT molecular complexity index is 765. The van der Waals surface area contributed by atoms with E-state index in [-0.39, 0.29) is 17.4 Å². The molecule has 0 aliphatic rings. The minimum Gasteiger partial charge on any atom is -0.484 e. The molecule has 0 saturated heterocycles. The number of carbonyl (C=O) groups is 1. The van der Waals surface area contributed by atoms with Gasteiger partial charge in [0.1, 0.15) is 5.75 Å². The second kappa shape index (κ2) is 8.02. The van der Waals surface area contributed by atoms with E-state index >= 15 is 0 Å². The minimum absolute atomic E-state index is 0.0419. The number of para-hydroxylation sites is 1. The van der Waals surface area contributed by atoms with Crippen molar-refractivity contribution in [1.82, 2.24) is 5.32 Å². The molecule has 2 aromatic rings. The molecule has 0 aliphatic heterocycles. The first-order valence-electron chi connectivity index (χ1n) is 6.99. The van der Waals surface area contributed by atoms with Gasteiger partial charge in [-0.1, -0.05) is 24.3 Å². The molecule has 124 valence electrons. The number of nitro benzene ring substituents is 1. The maximum Gasteiger partial charge on any atom is 0.271 e. The third-order valence-corrected chi connectivity index (χ3v) is 3.25. The van der Waals surface area contributed by atoms with E-state index in [1.165, 1.54) is 12.1 Å². The van der Waals surface area contributed by atoms with Crippen molar-refractivity contribution >= 4 is 34.6 Å². The molecule has 1 amide bonds. The molecule has 0 unspecified atom stereocenters. The summed E-state index contributed by atoms with van der Waals surface area (Å²) in [5.41, 5.74) is 1.15. The lowest BCUT2D eigenvalue weighted by molar-refractivity contribution is -0.384. The smallest absolute Gasteiger partial charge is 0.271 e. The Balaban J connectivity index is 1.90. The topological polar surface area (TPSA) is 93.5 Å². The summed E-state index contributed by atoms with van der Waals surface area (Å²) in [7, 11) is 0. The highest BCUT2D eigenvalue weighted by Gasteiger charge is 2.11. The molecule has 0 fully saturated rings. The summed E-state index contributed by atoms with van der Waals surface area (Å²) in [5, 5.41) is 16.1. The quantitative estimate of drug-likeness (QED) is 0.492. The van der Waals surface area contributed by atoms with Crippen LogP contribution < -0.4 is 15.4 Å². The van der Waals surface area contributed by atoms with Gasteiger partial charge in [0.25, 0.3) is 11.6 Å². The van der Waals surface area contributed by atoms with Crippen LogP contribution in [0.3, 0.4) is 0 Å². The van der Waals surface area contributed by atoms with E-state index in [9.17, 15) is 14.9 Å². The van der Waals surface area contributed by atoms with Gasteiger partial charge in [0, 0.05) is 17.8 Å².